The predicted octanol–water partition coefficient (Wildman–Crippen LogP) is 3.20. The molecule has 0 aliphatic heterocycles. The Balaban J connectivity index is 1.94. The number of likely N-dealkylation sites (N-methyl/N-ethyl adjacent to an activating group) is 1. The van der Waals surface area contributed by atoms with Crippen molar-refractivity contribution in [3.63, 3.8) is 0 Å². The molecule has 0 spiro atoms. The third-order valence-corrected chi connectivity index (χ3v) is 5.64. The average molecular weight is 443 g/mol. The highest BCUT2D eigenvalue weighted by Crippen LogP contribution is 2.30. The van der Waals surface area contributed by atoms with E-state index in [0.717, 1.165) is 26.0 Å². The van der Waals surface area contributed by atoms with Gasteiger partial charge in [0.1, 0.15) is 0 Å². The largest absolute Gasteiger partial charge is 0.341 e. The minimum absolute atomic E-state index is 0.173. The van der Waals surface area contributed by atoms with Gasteiger partial charge in [0.05, 0.1) is 6.26 Å². The Bertz CT molecular complexity index is 876. The van der Waals surface area contributed by atoms with Crippen molar-refractivity contribution in [1.29, 1.82) is 0 Å². The van der Waals surface area contributed by atoms with E-state index in [9.17, 15) is 13.2 Å². The second-order valence-electron chi connectivity index (χ2n) is 5.47. The number of halogens is 1. The zero-order chi connectivity index (χ0) is 18.4. The summed E-state index contributed by atoms with van der Waals surface area (Å²) >= 11 is 5.06. The first-order valence-electron chi connectivity index (χ1n) is 7.48. The molecule has 0 atom stereocenters. The van der Waals surface area contributed by atoms with Gasteiger partial charge in [-0.2, -0.15) is 0 Å². The number of thiophene rings is 1. The maximum Gasteiger partial charge on any atom is 0.246 e. The molecule has 8 heteroatoms. The van der Waals surface area contributed by atoms with Crippen molar-refractivity contribution in [1.82, 2.24) is 9.62 Å². The van der Waals surface area contributed by atoms with Crippen molar-refractivity contribution in [2.24, 2.45) is 0 Å². The molecule has 1 N–H and O–H groups in total. The molecule has 2 aromatic rings. The van der Waals surface area contributed by atoms with E-state index in [-0.39, 0.29) is 12.5 Å². The van der Waals surface area contributed by atoms with Crippen LogP contribution in [0.1, 0.15) is 4.88 Å². The van der Waals surface area contributed by atoms with Crippen molar-refractivity contribution >= 4 is 49.3 Å². The molecular formula is C17H19BrN2O3S2. The Hall–Kier alpha value is -1.48. The fraction of sp³-hybridized carbons (Fsp3) is 0.235. The molecule has 0 bridgehead atoms. The van der Waals surface area contributed by atoms with Crippen molar-refractivity contribution in [2.75, 3.05) is 26.4 Å². The van der Waals surface area contributed by atoms with Crippen LogP contribution in [0.2, 0.25) is 0 Å². The number of carbonyl (C=O) groups is 1. The number of hydrogen-bond donors (Lipinski definition) is 1. The van der Waals surface area contributed by atoms with Gasteiger partial charge in [0.2, 0.25) is 15.9 Å². The van der Waals surface area contributed by atoms with Gasteiger partial charge in [-0.05, 0) is 35.9 Å². The van der Waals surface area contributed by atoms with E-state index >= 15 is 0 Å². The SMILES string of the molecule is CN(CCNS(C)(=O)=O)C(=O)C=Cc1ccc(-c2cccc(Br)c2)s1. The number of carbonyl (C=O) groups excluding carboxylic acids is 1. The van der Waals surface area contributed by atoms with Crippen LogP contribution in [-0.4, -0.2) is 45.6 Å². The third kappa shape index (κ3) is 6.74. The minimum atomic E-state index is -3.24. The van der Waals surface area contributed by atoms with Gasteiger partial charge < -0.3 is 4.90 Å². The standard InChI is InChI=1S/C17H19BrN2O3S2/c1-20(11-10-19-25(2,22)23)17(21)9-7-15-6-8-16(24-15)13-4-3-5-14(18)12-13/h3-9,12,19H,10-11H2,1-2H3. The molecule has 0 aliphatic carbocycles. The van der Waals surface area contributed by atoms with Gasteiger partial charge in [-0.1, -0.05) is 28.1 Å². The Labute approximate surface area is 160 Å². The average Bonchev–Trinajstić information content (AvgIpc) is 3.00. The third-order valence-electron chi connectivity index (χ3n) is 3.31. The lowest BCUT2D eigenvalue weighted by molar-refractivity contribution is -0.124. The van der Waals surface area contributed by atoms with E-state index in [1.807, 2.05) is 36.4 Å². The molecule has 0 radical (unpaired) electrons. The summed E-state index contributed by atoms with van der Waals surface area (Å²) in [7, 11) is -1.60. The highest BCUT2D eigenvalue weighted by atomic mass is 79.9. The molecule has 0 saturated heterocycles. The van der Waals surface area contributed by atoms with Crippen molar-refractivity contribution in [3.05, 3.63) is 51.8 Å². The Morgan fingerprint density at radius 2 is 2.08 bits per heavy atom. The van der Waals surface area contributed by atoms with Crippen LogP contribution in [0.25, 0.3) is 16.5 Å². The smallest absolute Gasteiger partial charge is 0.246 e. The van der Waals surface area contributed by atoms with E-state index in [2.05, 4.69) is 20.7 Å². The van der Waals surface area contributed by atoms with E-state index in [0.29, 0.717) is 6.54 Å². The van der Waals surface area contributed by atoms with Gasteiger partial charge in [-0.3, -0.25) is 4.79 Å². The second kappa shape index (κ2) is 8.75. The quantitative estimate of drug-likeness (QED) is 0.669. The van der Waals surface area contributed by atoms with Crippen LogP contribution in [0.3, 0.4) is 0 Å². The van der Waals surface area contributed by atoms with Crippen LogP contribution < -0.4 is 4.72 Å². The molecule has 25 heavy (non-hydrogen) atoms. The summed E-state index contributed by atoms with van der Waals surface area (Å²) < 4.78 is 25.4. The van der Waals surface area contributed by atoms with Gasteiger partial charge in [-0.15, -0.1) is 11.3 Å². The van der Waals surface area contributed by atoms with Crippen LogP contribution >= 0.6 is 27.3 Å². The molecule has 0 fully saturated rings. The molecule has 2 rings (SSSR count). The zero-order valence-corrected chi connectivity index (χ0v) is 17.1. The lowest BCUT2D eigenvalue weighted by Gasteiger charge is -2.14. The van der Waals surface area contributed by atoms with Crippen LogP contribution in [0.4, 0.5) is 0 Å². The number of nitrogens with one attached hydrogen (secondary N) is 1. The van der Waals surface area contributed by atoms with E-state index in [1.54, 1.807) is 24.5 Å². The summed E-state index contributed by atoms with van der Waals surface area (Å²) in [6, 6.07) is 12.0. The molecule has 1 aromatic carbocycles. The molecule has 1 heterocycles. The van der Waals surface area contributed by atoms with E-state index < -0.39 is 10.0 Å². The topological polar surface area (TPSA) is 66.5 Å². The van der Waals surface area contributed by atoms with Gasteiger partial charge in [0, 0.05) is 40.4 Å². The maximum absolute atomic E-state index is 12.1. The normalized spacial score (nSPS) is 11.8. The van der Waals surface area contributed by atoms with Crippen molar-refractivity contribution in [2.45, 2.75) is 0 Å². The number of rotatable bonds is 7. The van der Waals surface area contributed by atoms with Gasteiger partial charge in [-0.25, -0.2) is 13.1 Å². The lowest BCUT2D eigenvalue weighted by Crippen LogP contribution is -2.34. The summed E-state index contributed by atoms with van der Waals surface area (Å²) in [5.74, 6) is -0.173. The zero-order valence-electron chi connectivity index (χ0n) is 13.9. The van der Waals surface area contributed by atoms with Crippen LogP contribution in [-0.2, 0) is 14.8 Å². The molecule has 0 unspecified atom stereocenters. The lowest BCUT2D eigenvalue weighted by atomic mass is 10.2. The Morgan fingerprint density at radius 1 is 1.32 bits per heavy atom. The molecule has 0 aliphatic rings. The van der Waals surface area contributed by atoms with Crippen LogP contribution in [0.5, 0.6) is 0 Å². The summed E-state index contributed by atoms with van der Waals surface area (Å²) in [6.45, 7) is 0.505. The molecule has 134 valence electrons. The van der Waals surface area contributed by atoms with E-state index in [1.165, 1.54) is 11.0 Å². The first-order chi connectivity index (χ1) is 11.7. The first kappa shape index (κ1) is 19.8. The first-order valence-corrected chi connectivity index (χ1v) is 11.0. The molecule has 5 nitrogen and oxygen atoms in total. The molecule has 1 aromatic heterocycles. The summed E-state index contributed by atoms with van der Waals surface area (Å²) in [5, 5.41) is 0. The number of sulfonamides is 1. The van der Waals surface area contributed by atoms with Gasteiger partial charge >= 0.3 is 0 Å². The number of benzene rings is 1. The predicted molar refractivity (Wildman–Crippen MR) is 107 cm³/mol. The van der Waals surface area contributed by atoms with Crippen LogP contribution in [0, 0.1) is 0 Å². The fourth-order valence-electron chi connectivity index (χ4n) is 2.03. The van der Waals surface area contributed by atoms with Crippen molar-refractivity contribution < 1.29 is 13.2 Å². The number of amides is 1. The fourth-order valence-corrected chi connectivity index (χ4v) is 3.80. The second-order valence-corrected chi connectivity index (χ2v) is 9.34. The Kier molecular flexibility index (Phi) is 6.95. The molecule has 0 saturated carbocycles. The highest BCUT2D eigenvalue weighted by Gasteiger charge is 2.07. The number of nitrogens with zero attached hydrogens (tertiary/aromatic N) is 1. The molecule has 1 amide bonds. The van der Waals surface area contributed by atoms with Gasteiger partial charge in [0.15, 0.2) is 0 Å². The van der Waals surface area contributed by atoms with Crippen molar-refractivity contribution in [3.8, 4) is 10.4 Å². The van der Waals surface area contributed by atoms with E-state index in [4.69, 9.17) is 0 Å². The van der Waals surface area contributed by atoms with Crippen LogP contribution in [0.15, 0.2) is 46.9 Å². The summed E-state index contributed by atoms with van der Waals surface area (Å²) in [4.78, 5) is 15.6. The number of hydrogen-bond acceptors (Lipinski definition) is 4. The summed E-state index contributed by atoms with van der Waals surface area (Å²) in [6.07, 6.45) is 4.36. The highest BCUT2D eigenvalue weighted by molar-refractivity contribution is 9.10. The minimum Gasteiger partial charge on any atom is -0.341 e. The maximum atomic E-state index is 12.1. The monoisotopic (exact) mass is 442 g/mol. The summed E-state index contributed by atoms with van der Waals surface area (Å²) in [5.41, 5.74) is 1.12. The van der Waals surface area contributed by atoms with Gasteiger partial charge in [0.25, 0.3) is 0 Å². The Morgan fingerprint density at radius 3 is 2.76 bits per heavy atom. The molecular weight excluding hydrogens is 424 g/mol.